The van der Waals surface area contributed by atoms with Gasteiger partial charge in [0, 0.05) is 19.0 Å². The number of hydrogen-bond donors (Lipinski definition) is 1. The number of ether oxygens (including phenoxy) is 1. The summed E-state index contributed by atoms with van der Waals surface area (Å²) in [5.74, 6) is -3.68. The number of halogens is 3. The van der Waals surface area contributed by atoms with Gasteiger partial charge in [-0.3, -0.25) is 4.79 Å². The Hall–Kier alpha value is -1.31. The maximum atomic E-state index is 12.2. The van der Waals surface area contributed by atoms with Crippen LogP contribution in [0.1, 0.15) is 6.42 Å². The lowest BCUT2D eigenvalue weighted by molar-refractivity contribution is -0.187. The maximum absolute atomic E-state index is 12.2. The van der Waals surface area contributed by atoms with Crippen LogP contribution in [0.2, 0.25) is 0 Å². The average Bonchev–Trinajstić information content (AvgIpc) is 2.51. The van der Waals surface area contributed by atoms with E-state index in [-0.39, 0.29) is 13.1 Å². The van der Waals surface area contributed by atoms with Crippen LogP contribution < -0.4 is 0 Å². The molecule has 2 heterocycles. The number of aliphatic carboxylic acids is 1. The number of amides is 1. The number of piperidine rings is 1. The quantitative estimate of drug-likeness (QED) is 0.727. The minimum atomic E-state index is -4.92. The first-order valence-corrected chi connectivity index (χ1v) is 5.03. The highest BCUT2D eigenvalue weighted by molar-refractivity contribution is 5.82. The molecule has 2 aliphatic heterocycles. The molecule has 0 unspecified atom stereocenters. The van der Waals surface area contributed by atoms with Gasteiger partial charge in [-0.1, -0.05) is 0 Å². The molecule has 5 nitrogen and oxygen atoms in total. The van der Waals surface area contributed by atoms with Gasteiger partial charge in [0.1, 0.15) is 0 Å². The standard InChI is InChI=1S/C9H10F3NO4/c10-9(11,12)8(16)13-2-4-1-5(3-13)17-6(4)7(14)15/h4-6H,1-3H2,(H,14,15)/t4-,5+,6-/m1/s1. The lowest BCUT2D eigenvalue weighted by atomic mass is 9.95. The van der Waals surface area contributed by atoms with Crippen molar-refractivity contribution in [2.24, 2.45) is 5.92 Å². The molecule has 2 saturated heterocycles. The predicted molar refractivity (Wildman–Crippen MR) is 47.0 cm³/mol. The Labute approximate surface area is 94.1 Å². The SMILES string of the molecule is O=C(O)[C@@H]1O[C@H]2C[C@@H]1CN(C(=O)C(F)(F)F)C2. The monoisotopic (exact) mass is 253 g/mol. The molecule has 2 fully saturated rings. The van der Waals surface area contributed by atoms with Crippen LogP contribution in [0.5, 0.6) is 0 Å². The molecule has 0 aliphatic carbocycles. The molecule has 0 aromatic carbocycles. The van der Waals surface area contributed by atoms with Crippen LogP contribution in [0, 0.1) is 5.92 Å². The number of carbonyl (C=O) groups excluding carboxylic acids is 1. The third kappa shape index (κ3) is 2.21. The van der Waals surface area contributed by atoms with Crippen LogP contribution in [0.15, 0.2) is 0 Å². The molecule has 0 saturated carbocycles. The van der Waals surface area contributed by atoms with Gasteiger partial charge in [-0.25, -0.2) is 4.79 Å². The summed E-state index contributed by atoms with van der Waals surface area (Å²) in [5.41, 5.74) is 0. The Morgan fingerprint density at radius 2 is 1.94 bits per heavy atom. The van der Waals surface area contributed by atoms with Crippen molar-refractivity contribution in [3.8, 4) is 0 Å². The van der Waals surface area contributed by atoms with Crippen molar-refractivity contribution < 1.29 is 32.6 Å². The van der Waals surface area contributed by atoms with Gasteiger partial charge in [0.05, 0.1) is 6.10 Å². The largest absolute Gasteiger partial charge is 0.479 e. The normalized spacial score (nSPS) is 32.6. The smallest absolute Gasteiger partial charge is 0.471 e. The molecule has 0 radical (unpaired) electrons. The first-order chi connectivity index (χ1) is 7.79. The van der Waals surface area contributed by atoms with Crippen LogP contribution in [0.3, 0.4) is 0 Å². The topological polar surface area (TPSA) is 66.8 Å². The van der Waals surface area contributed by atoms with Gasteiger partial charge in [-0.15, -0.1) is 0 Å². The van der Waals surface area contributed by atoms with Crippen LogP contribution in [0.25, 0.3) is 0 Å². The van der Waals surface area contributed by atoms with Gasteiger partial charge in [-0.05, 0) is 6.42 Å². The van der Waals surface area contributed by atoms with E-state index < -0.39 is 36.2 Å². The number of fused-ring (bicyclic) bond motifs is 2. The molecule has 96 valence electrons. The molecule has 0 spiro atoms. The second-order valence-electron chi connectivity index (χ2n) is 4.22. The Morgan fingerprint density at radius 1 is 1.29 bits per heavy atom. The molecule has 1 N–H and O–H groups in total. The molecule has 0 aromatic heterocycles. The van der Waals surface area contributed by atoms with E-state index >= 15 is 0 Å². The molecule has 2 rings (SSSR count). The zero-order valence-corrected chi connectivity index (χ0v) is 8.61. The second kappa shape index (κ2) is 3.86. The van der Waals surface area contributed by atoms with Crippen molar-refractivity contribution in [3.63, 3.8) is 0 Å². The summed E-state index contributed by atoms with van der Waals surface area (Å²) >= 11 is 0. The fourth-order valence-corrected chi connectivity index (χ4v) is 2.33. The van der Waals surface area contributed by atoms with E-state index in [4.69, 9.17) is 9.84 Å². The van der Waals surface area contributed by atoms with Crippen LogP contribution in [-0.4, -0.2) is 53.4 Å². The number of rotatable bonds is 1. The van der Waals surface area contributed by atoms with Crippen molar-refractivity contribution in [3.05, 3.63) is 0 Å². The Kier molecular flexibility index (Phi) is 2.76. The average molecular weight is 253 g/mol. The summed E-state index contributed by atoms with van der Waals surface area (Å²) in [7, 11) is 0. The highest BCUT2D eigenvalue weighted by Crippen LogP contribution is 2.34. The number of alkyl halides is 3. The van der Waals surface area contributed by atoms with Crippen LogP contribution in [-0.2, 0) is 14.3 Å². The molecule has 0 aromatic rings. The number of carboxylic acids is 1. The van der Waals surface area contributed by atoms with E-state index in [2.05, 4.69) is 0 Å². The number of carboxylic acid groups (broad SMARTS) is 1. The van der Waals surface area contributed by atoms with E-state index in [0.29, 0.717) is 11.3 Å². The van der Waals surface area contributed by atoms with Crippen molar-refractivity contribution in [1.82, 2.24) is 4.90 Å². The minimum absolute atomic E-state index is 0.196. The summed E-state index contributed by atoms with van der Waals surface area (Å²) in [6.07, 6.45) is -6.25. The van der Waals surface area contributed by atoms with E-state index in [9.17, 15) is 22.8 Å². The number of hydrogen-bond acceptors (Lipinski definition) is 3. The summed E-state index contributed by atoms with van der Waals surface area (Å²) in [6.45, 7) is -0.412. The second-order valence-corrected chi connectivity index (χ2v) is 4.22. The maximum Gasteiger partial charge on any atom is 0.471 e. The number of nitrogens with zero attached hydrogens (tertiary/aromatic N) is 1. The highest BCUT2D eigenvalue weighted by atomic mass is 19.4. The molecule has 2 aliphatic rings. The summed E-state index contributed by atoms with van der Waals surface area (Å²) in [6, 6.07) is 0. The fraction of sp³-hybridized carbons (Fsp3) is 0.778. The van der Waals surface area contributed by atoms with Gasteiger partial charge in [0.15, 0.2) is 6.10 Å². The van der Waals surface area contributed by atoms with E-state index in [1.54, 1.807) is 0 Å². The van der Waals surface area contributed by atoms with Gasteiger partial charge in [0.2, 0.25) is 0 Å². The van der Waals surface area contributed by atoms with E-state index in [0.717, 1.165) is 0 Å². The van der Waals surface area contributed by atoms with Gasteiger partial charge in [0.25, 0.3) is 0 Å². The Bertz CT molecular complexity index is 357. The third-order valence-corrected chi connectivity index (χ3v) is 2.98. The number of likely N-dealkylation sites (tertiary alicyclic amines) is 1. The van der Waals surface area contributed by atoms with Crippen LogP contribution >= 0.6 is 0 Å². The Morgan fingerprint density at radius 3 is 2.47 bits per heavy atom. The van der Waals surface area contributed by atoms with Gasteiger partial charge < -0.3 is 14.7 Å². The lowest BCUT2D eigenvalue weighted by Crippen LogP contribution is -2.49. The van der Waals surface area contributed by atoms with Gasteiger partial charge >= 0.3 is 18.1 Å². The van der Waals surface area contributed by atoms with Crippen molar-refractivity contribution in [2.75, 3.05) is 13.1 Å². The van der Waals surface area contributed by atoms with Crippen molar-refractivity contribution in [2.45, 2.75) is 24.8 Å². The minimum Gasteiger partial charge on any atom is -0.479 e. The summed E-state index contributed by atoms with van der Waals surface area (Å²) in [4.78, 5) is 22.4. The highest BCUT2D eigenvalue weighted by Gasteiger charge is 2.50. The van der Waals surface area contributed by atoms with Crippen molar-refractivity contribution in [1.29, 1.82) is 0 Å². The van der Waals surface area contributed by atoms with Crippen LogP contribution in [0.4, 0.5) is 13.2 Å². The fourth-order valence-electron chi connectivity index (χ4n) is 2.33. The lowest BCUT2D eigenvalue weighted by Gasteiger charge is -2.30. The molecule has 17 heavy (non-hydrogen) atoms. The third-order valence-electron chi connectivity index (χ3n) is 2.98. The molecule has 1 amide bonds. The number of carbonyl (C=O) groups is 2. The molecular formula is C9H10F3NO4. The van der Waals surface area contributed by atoms with Crippen molar-refractivity contribution >= 4 is 11.9 Å². The summed E-state index contributed by atoms with van der Waals surface area (Å²) in [5, 5.41) is 8.79. The molecular weight excluding hydrogens is 243 g/mol. The molecule has 3 atom stereocenters. The first-order valence-electron chi connectivity index (χ1n) is 5.03. The molecule has 2 bridgehead atoms. The van der Waals surface area contributed by atoms with E-state index in [1.807, 2.05) is 0 Å². The summed E-state index contributed by atoms with van der Waals surface area (Å²) < 4.78 is 41.7. The first kappa shape index (κ1) is 12.2. The van der Waals surface area contributed by atoms with Gasteiger partial charge in [-0.2, -0.15) is 13.2 Å². The Balaban J connectivity index is 2.08. The zero-order valence-electron chi connectivity index (χ0n) is 8.61. The zero-order chi connectivity index (χ0) is 12.8. The predicted octanol–water partition coefficient (Wildman–Crippen LogP) is 0.249. The molecule has 8 heteroatoms. The van der Waals surface area contributed by atoms with E-state index in [1.165, 1.54) is 0 Å².